The Hall–Kier alpha value is -2.65. The van der Waals surface area contributed by atoms with E-state index in [0.29, 0.717) is 12.6 Å². The molecule has 194 valence electrons. The van der Waals surface area contributed by atoms with Gasteiger partial charge in [-0.05, 0) is 65.4 Å². The highest BCUT2D eigenvalue weighted by Gasteiger charge is 2.27. The molecule has 1 aromatic carbocycles. The Morgan fingerprint density at radius 2 is 1.68 bits per heavy atom. The molecule has 3 N–H and O–H groups in total. The molecule has 1 aromatic rings. The van der Waals surface area contributed by atoms with Gasteiger partial charge in [-0.25, -0.2) is 0 Å². The lowest BCUT2D eigenvalue weighted by Gasteiger charge is -2.25. The van der Waals surface area contributed by atoms with Gasteiger partial charge in [0, 0.05) is 39.5 Å². The molecule has 2 atom stereocenters. The van der Waals surface area contributed by atoms with Crippen LogP contribution >= 0.6 is 0 Å². The molecular weight excluding hydrogens is 438 g/mol. The summed E-state index contributed by atoms with van der Waals surface area (Å²) in [5, 5.41) is 18.0. The van der Waals surface area contributed by atoms with Gasteiger partial charge < -0.3 is 30.1 Å². The Bertz CT molecular complexity index is 721. The molecule has 0 aromatic heterocycles. The average molecular weight is 482 g/mol. The number of aryl methyl sites for hydroxylation is 1. The largest absolute Gasteiger partial charge is 0.494 e. The molecule has 0 saturated carbocycles. The smallest absolute Gasteiger partial charge is 0.300 e. The van der Waals surface area contributed by atoms with Crippen LogP contribution in [0.5, 0.6) is 5.75 Å². The maximum atomic E-state index is 12.6. The first-order valence-corrected chi connectivity index (χ1v) is 11.7. The van der Waals surface area contributed by atoms with Crippen molar-refractivity contribution in [3.63, 3.8) is 0 Å². The third kappa shape index (κ3) is 15.2. The lowest BCUT2D eigenvalue weighted by molar-refractivity contribution is -0.135. The average Bonchev–Trinajstić information content (AvgIpc) is 2.93. The molecule has 34 heavy (non-hydrogen) atoms. The van der Waals surface area contributed by atoms with Crippen molar-refractivity contribution in [1.82, 2.24) is 15.1 Å². The zero-order chi connectivity index (χ0) is 26.1. The van der Waals surface area contributed by atoms with Crippen LogP contribution in [0.3, 0.4) is 0 Å². The first-order chi connectivity index (χ1) is 16.0. The number of benzene rings is 1. The number of carbonyl (C=O) groups excluding carboxylic acids is 1. The SMILES string of the molecule is CC(=O)O.CC(=O)O.CCOc1ccccc1CCCNC(=O)[C@@H]1CC[C@H](N(C)C)CN(C)C1. The molecule has 0 spiro atoms. The van der Waals surface area contributed by atoms with Crippen molar-refractivity contribution in [3.8, 4) is 5.75 Å². The van der Waals surface area contributed by atoms with E-state index < -0.39 is 11.9 Å². The van der Waals surface area contributed by atoms with Crippen molar-refractivity contribution in [2.75, 3.05) is 47.4 Å². The molecule has 0 aliphatic carbocycles. The van der Waals surface area contributed by atoms with Crippen LogP contribution in [0, 0.1) is 5.92 Å². The van der Waals surface area contributed by atoms with Gasteiger partial charge in [0.05, 0.1) is 12.5 Å². The third-order valence-electron chi connectivity index (χ3n) is 5.20. The van der Waals surface area contributed by atoms with Crippen molar-refractivity contribution in [2.45, 2.75) is 52.5 Å². The summed E-state index contributed by atoms with van der Waals surface area (Å²) in [6.45, 7) is 7.45. The second-order valence-corrected chi connectivity index (χ2v) is 8.59. The first kappa shape index (κ1) is 31.4. The Balaban J connectivity index is 0.00000118. The summed E-state index contributed by atoms with van der Waals surface area (Å²) in [6, 6.07) is 8.69. The summed E-state index contributed by atoms with van der Waals surface area (Å²) < 4.78 is 5.67. The second kappa shape index (κ2) is 17.8. The van der Waals surface area contributed by atoms with E-state index in [4.69, 9.17) is 24.5 Å². The molecular formula is C25H43N3O6. The Morgan fingerprint density at radius 1 is 1.09 bits per heavy atom. The Morgan fingerprint density at radius 3 is 2.24 bits per heavy atom. The molecule has 0 bridgehead atoms. The van der Waals surface area contributed by atoms with Crippen LogP contribution in [0.2, 0.25) is 0 Å². The van der Waals surface area contributed by atoms with E-state index in [9.17, 15) is 4.79 Å². The molecule has 9 nitrogen and oxygen atoms in total. The molecule has 1 amide bonds. The topological polar surface area (TPSA) is 119 Å². The summed E-state index contributed by atoms with van der Waals surface area (Å²) >= 11 is 0. The van der Waals surface area contributed by atoms with Gasteiger partial charge in [-0.1, -0.05) is 18.2 Å². The summed E-state index contributed by atoms with van der Waals surface area (Å²) in [5.74, 6) is -0.406. The highest BCUT2D eigenvalue weighted by atomic mass is 16.5. The van der Waals surface area contributed by atoms with E-state index >= 15 is 0 Å². The zero-order valence-electron chi connectivity index (χ0n) is 21.5. The van der Waals surface area contributed by atoms with Crippen molar-refractivity contribution in [3.05, 3.63) is 29.8 Å². The summed E-state index contributed by atoms with van der Waals surface area (Å²) in [4.78, 5) is 35.1. The number of amides is 1. The van der Waals surface area contributed by atoms with E-state index in [1.165, 1.54) is 5.56 Å². The summed E-state index contributed by atoms with van der Waals surface area (Å²) in [7, 11) is 6.37. The molecule has 2 rings (SSSR count). The quantitative estimate of drug-likeness (QED) is 0.485. The van der Waals surface area contributed by atoms with Gasteiger partial charge in [-0.3, -0.25) is 14.4 Å². The molecule has 0 radical (unpaired) electrons. The fourth-order valence-corrected chi connectivity index (χ4v) is 3.66. The van der Waals surface area contributed by atoms with Crippen molar-refractivity contribution in [1.29, 1.82) is 0 Å². The number of ether oxygens (including phenoxy) is 1. The maximum absolute atomic E-state index is 12.6. The molecule has 9 heteroatoms. The van der Waals surface area contributed by atoms with Crippen LogP contribution in [0.25, 0.3) is 0 Å². The number of hydrogen-bond acceptors (Lipinski definition) is 6. The second-order valence-electron chi connectivity index (χ2n) is 8.59. The molecule has 1 heterocycles. The van der Waals surface area contributed by atoms with Crippen molar-refractivity contribution in [2.24, 2.45) is 5.92 Å². The number of nitrogens with one attached hydrogen (secondary N) is 1. The van der Waals surface area contributed by atoms with E-state index in [2.05, 4.69) is 42.3 Å². The lowest BCUT2D eigenvalue weighted by atomic mass is 10.0. The van der Waals surface area contributed by atoms with E-state index in [0.717, 1.165) is 64.9 Å². The number of rotatable bonds is 8. The van der Waals surface area contributed by atoms with Crippen LogP contribution in [0.4, 0.5) is 0 Å². The van der Waals surface area contributed by atoms with Gasteiger partial charge in [0.15, 0.2) is 0 Å². The van der Waals surface area contributed by atoms with Crippen LogP contribution in [0.1, 0.15) is 45.6 Å². The number of nitrogens with zero attached hydrogens (tertiary/aromatic N) is 2. The number of carboxylic acids is 2. The number of aliphatic carboxylic acids is 2. The van der Waals surface area contributed by atoms with Gasteiger partial charge in [0.1, 0.15) is 5.75 Å². The minimum absolute atomic E-state index is 0.0978. The maximum Gasteiger partial charge on any atom is 0.300 e. The fourth-order valence-electron chi connectivity index (χ4n) is 3.66. The van der Waals surface area contributed by atoms with Crippen molar-refractivity contribution >= 4 is 17.8 Å². The summed E-state index contributed by atoms with van der Waals surface area (Å²) in [5.41, 5.74) is 1.21. The third-order valence-corrected chi connectivity index (χ3v) is 5.20. The van der Waals surface area contributed by atoms with Gasteiger partial charge >= 0.3 is 0 Å². The van der Waals surface area contributed by atoms with Gasteiger partial charge in [-0.2, -0.15) is 0 Å². The van der Waals surface area contributed by atoms with Gasteiger partial charge in [0.25, 0.3) is 11.9 Å². The Labute approximate surface area is 204 Å². The van der Waals surface area contributed by atoms with Crippen LogP contribution < -0.4 is 10.1 Å². The first-order valence-electron chi connectivity index (χ1n) is 11.7. The van der Waals surface area contributed by atoms with E-state index in [-0.39, 0.29) is 11.8 Å². The standard InChI is InChI=1S/C21H35N3O2.2C2H4O2/c1-5-26-20-11-7-6-9-17(20)10-8-14-22-21(25)18-12-13-19(23(2)3)16-24(4)15-18;2*1-2(3)4/h6-7,9,11,18-19H,5,8,10,12-16H2,1-4H3,(H,22,25);2*1H3,(H,3,4)/t18-,19+;;/m1../s1. The van der Waals surface area contributed by atoms with Crippen LogP contribution in [0.15, 0.2) is 24.3 Å². The minimum Gasteiger partial charge on any atom is -0.494 e. The number of carbonyl (C=O) groups is 3. The number of likely N-dealkylation sites (N-methyl/N-ethyl adjacent to an activating group) is 2. The highest BCUT2D eigenvalue weighted by Crippen LogP contribution is 2.20. The normalized spacial score (nSPS) is 17.9. The molecule has 1 aliphatic rings. The fraction of sp³-hybridized carbons (Fsp3) is 0.640. The highest BCUT2D eigenvalue weighted by molar-refractivity contribution is 5.78. The zero-order valence-corrected chi connectivity index (χ0v) is 21.5. The molecule has 1 fully saturated rings. The monoisotopic (exact) mass is 481 g/mol. The number of para-hydroxylation sites is 1. The predicted octanol–water partition coefficient (Wildman–Crippen LogP) is 2.59. The Kier molecular flexibility index (Phi) is 16.4. The predicted molar refractivity (Wildman–Crippen MR) is 133 cm³/mol. The van der Waals surface area contributed by atoms with Crippen LogP contribution in [-0.2, 0) is 20.8 Å². The molecule has 0 unspecified atom stereocenters. The van der Waals surface area contributed by atoms with Gasteiger partial charge in [0.2, 0.25) is 5.91 Å². The van der Waals surface area contributed by atoms with Crippen molar-refractivity contribution < 1.29 is 29.3 Å². The minimum atomic E-state index is -0.833. The number of hydrogen-bond donors (Lipinski definition) is 3. The van der Waals surface area contributed by atoms with E-state index in [1.54, 1.807) is 0 Å². The van der Waals surface area contributed by atoms with Gasteiger partial charge in [-0.15, -0.1) is 0 Å². The van der Waals surface area contributed by atoms with E-state index in [1.807, 2.05) is 25.1 Å². The number of likely N-dealkylation sites (tertiary alicyclic amines) is 1. The summed E-state index contributed by atoms with van der Waals surface area (Å²) in [6.07, 6.45) is 3.89. The molecule has 1 aliphatic heterocycles. The molecule has 1 saturated heterocycles. The van der Waals surface area contributed by atoms with Crippen LogP contribution in [-0.4, -0.2) is 91.3 Å². The lowest BCUT2D eigenvalue weighted by Crippen LogP contribution is -2.39. The number of carboxylic acid groups (broad SMARTS) is 2.